The number of benzene rings is 1. The first-order chi connectivity index (χ1) is 14.1. The zero-order valence-electron chi connectivity index (χ0n) is 19.2. The molecule has 0 saturated carbocycles. The molecule has 1 heterocycles. The highest BCUT2D eigenvalue weighted by atomic mass is 127. The molecule has 0 aromatic heterocycles. The van der Waals surface area contributed by atoms with Crippen molar-refractivity contribution in [2.75, 3.05) is 46.8 Å². The summed E-state index contributed by atoms with van der Waals surface area (Å²) in [4.78, 5) is 20.5. The zero-order valence-corrected chi connectivity index (χ0v) is 22.3. The van der Waals surface area contributed by atoms with E-state index in [0.29, 0.717) is 24.2 Å². The van der Waals surface area contributed by atoms with Crippen molar-refractivity contribution in [2.45, 2.75) is 45.1 Å². The highest BCUT2D eigenvalue weighted by Crippen LogP contribution is 2.30. The molecule has 2 N–H and O–H groups in total. The van der Waals surface area contributed by atoms with Crippen LogP contribution in [0.4, 0.5) is 4.39 Å². The number of nitrogens with one attached hydrogen (secondary N) is 2. The Bertz CT molecular complexity index is 751. The molecule has 1 amide bonds. The van der Waals surface area contributed by atoms with Crippen LogP contribution >= 0.6 is 35.6 Å². The normalized spacial score (nSPS) is 15.9. The van der Waals surface area contributed by atoms with Crippen LogP contribution in [0.3, 0.4) is 0 Å². The summed E-state index contributed by atoms with van der Waals surface area (Å²) in [6.45, 7) is 9.66. The van der Waals surface area contributed by atoms with Gasteiger partial charge in [0.15, 0.2) is 5.96 Å². The first-order valence-electron chi connectivity index (χ1n) is 10.5. The van der Waals surface area contributed by atoms with Gasteiger partial charge in [0.1, 0.15) is 5.82 Å². The predicted octanol–water partition coefficient (Wildman–Crippen LogP) is 3.48. The highest BCUT2D eigenvalue weighted by molar-refractivity contribution is 14.0. The molecule has 0 bridgehead atoms. The van der Waals surface area contributed by atoms with Crippen LogP contribution in [0.1, 0.15) is 39.2 Å². The molecule has 1 aromatic rings. The quantitative estimate of drug-likeness (QED) is 0.301. The second-order valence-electron chi connectivity index (χ2n) is 8.69. The first-order valence-corrected chi connectivity index (χ1v) is 10.9. The van der Waals surface area contributed by atoms with Crippen LogP contribution in [0.5, 0.6) is 0 Å². The number of carbonyl (C=O) groups is 1. The van der Waals surface area contributed by atoms with Crippen molar-refractivity contribution in [3.05, 3.63) is 34.6 Å². The molecule has 0 radical (unpaired) electrons. The maximum absolute atomic E-state index is 13.4. The highest BCUT2D eigenvalue weighted by Gasteiger charge is 2.25. The predicted molar refractivity (Wildman–Crippen MR) is 137 cm³/mol. The molecule has 1 aliphatic rings. The summed E-state index contributed by atoms with van der Waals surface area (Å²) in [5.41, 5.74) is 0.548. The Labute approximate surface area is 208 Å². The number of aliphatic imine (C=N–C) groups is 1. The van der Waals surface area contributed by atoms with Crippen molar-refractivity contribution in [1.29, 1.82) is 0 Å². The van der Waals surface area contributed by atoms with E-state index in [0.717, 1.165) is 44.0 Å². The van der Waals surface area contributed by atoms with Gasteiger partial charge in [0.2, 0.25) is 5.91 Å². The van der Waals surface area contributed by atoms with Gasteiger partial charge in [-0.15, -0.1) is 24.0 Å². The lowest BCUT2D eigenvalue weighted by molar-refractivity contribution is -0.130. The monoisotopic (exact) mass is 567 g/mol. The summed E-state index contributed by atoms with van der Waals surface area (Å²) in [6, 6.07) is 4.83. The van der Waals surface area contributed by atoms with E-state index < -0.39 is 0 Å². The first kappa shape index (κ1) is 27.9. The number of piperidine rings is 1. The second-order valence-corrected chi connectivity index (χ2v) is 9.09. The summed E-state index contributed by atoms with van der Waals surface area (Å²) in [5, 5.41) is 7.26. The number of guanidine groups is 1. The molecule has 1 fully saturated rings. The molecule has 0 unspecified atom stereocenters. The third kappa shape index (κ3) is 8.73. The minimum absolute atomic E-state index is 0. The molecule has 31 heavy (non-hydrogen) atoms. The summed E-state index contributed by atoms with van der Waals surface area (Å²) in [6.07, 6.45) is 1.91. The van der Waals surface area contributed by atoms with Crippen LogP contribution in [0.25, 0.3) is 0 Å². The molecule has 0 aliphatic carbocycles. The minimum Gasteiger partial charge on any atom is -0.357 e. The van der Waals surface area contributed by atoms with Crippen molar-refractivity contribution in [2.24, 2.45) is 4.99 Å². The molecule has 1 aromatic carbocycles. The lowest BCUT2D eigenvalue weighted by Crippen LogP contribution is -2.50. The Balaban J connectivity index is 0.00000480. The van der Waals surface area contributed by atoms with Crippen molar-refractivity contribution in [3.63, 3.8) is 0 Å². The fraction of sp³-hybridized carbons (Fsp3) is 0.636. The van der Waals surface area contributed by atoms with Crippen LogP contribution < -0.4 is 10.6 Å². The molecule has 2 rings (SSSR count). The summed E-state index contributed by atoms with van der Waals surface area (Å²) >= 11 is 6.26. The number of amides is 1. The standard InChI is InChI=1S/C22H35ClFN5O.HI/c1-6-25-21(26-15-22(2,3)18-8-7-16(24)13-19(18)23)27-17-9-11-29(12-10-17)14-20(30)28(4)5;/h7-8,13,17H,6,9-12,14-15H2,1-5H3,(H2,25,26,27);1H. The molecular formula is C22H36ClFIN5O. The van der Waals surface area contributed by atoms with Crippen molar-refractivity contribution in [1.82, 2.24) is 20.4 Å². The van der Waals surface area contributed by atoms with Gasteiger partial charge in [-0.25, -0.2) is 4.39 Å². The number of halogens is 3. The lowest BCUT2D eigenvalue weighted by atomic mass is 9.84. The van der Waals surface area contributed by atoms with Gasteiger partial charge >= 0.3 is 0 Å². The van der Waals surface area contributed by atoms with Gasteiger partial charge in [-0.05, 0) is 37.5 Å². The number of likely N-dealkylation sites (N-methyl/N-ethyl adjacent to an activating group) is 1. The fourth-order valence-corrected chi connectivity index (χ4v) is 3.90. The van der Waals surface area contributed by atoms with Crippen LogP contribution in [-0.2, 0) is 10.2 Å². The fourth-order valence-electron chi connectivity index (χ4n) is 3.48. The van der Waals surface area contributed by atoms with Crippen LogP contribution in [-0.4, -0.2) is 74.5 Å². The average Bonchev–Trinajstić information content (AvgIpc) is 2.67. The molecule has 0 atom stereocenters. The second kappa shape index (κ2) is 12.8. The molecule has 0 spiro atoms. The maximum Gasteiger partial charge on any atom is 0.236 e. The minimum atomic E-state index is -0.336. The van der Waals surface area contributed by atoms with Gasteiger partial charge < -0.3 is 15.5 Å². The Morgan fingerprint density at radius 1 is 1.32 bits per heavy atom. The zero-order chi connectivity index (χ0) is 22.3. The molecule has 9 heteroatoms. The summed E-state index contributed by atoms with van der Waals surface area (Å²) in [7, 11) is 3.58. The van der Waals surface area contributed by atoms with Crippen molar-refractivity contribution < 1.29 is 9.18 Å². The van der Waals surface area contributed by atoms with Crippen LogP contribution in [0, 0.1) is 5.82 Å². The Hall–Kier alpha value is -1.13. The van der Waals surface area contributed by atoms with E-state index in [9.17, 15) is 9.18 Å². The SMILES string of the molecule is CCNC(=NCC(C)(C)c1ccc(F)cc1Cl)NC1CCN(CC(=O)N(C)C)CC1.I. The summed E-state index contributed by atoms with van der Waals surface area (Å²) < 4.78 is 13.4. The third-order valence-corrected chi connectivity index (χ3v) is 5.74. The van der Waals surface area contributed by atoms with E-state index in [1.54, 1.807) is 25.1 Å². The van der Waals surface area contributed by atoms with E-state index in [2.05, 4.69) is 29.4 Å². The van der Waals surface area contributed by atoms with Crippen LogP contribution in [0.15, 0.2) is 23.2 Å². The van der Waals surface area contributed by atoms with E-state index in [-0.39, 0.29) is 41.1 Å². The van der Waals surface area contributed by atoms with Gasteiger partial charge in [-0.1, -0.05) is 31.5 Å². The topological polar surface area (TPSA) is 60.0 Å². The molecule has 6 nitrogen and oxygen atoms in total. The van der Waals surface area contributed by atoms with Gasteiger partial charge in [0.25, 0.3) is 0 Å². The third-order valence-electron chi connectivity index (χ3n) is 5.42. The Morgan fingerprint density at radius 3 is 2.52 bits per heavy atom. The smallest absolute Gasteiger partial charge is 0.236 e. The van der Waals surface area contributed by atoms with E-state index >= 15 is 0 Å². The average molecular weight is 568 g/mol. The summed E-state index contributed by atoms with van der Waals surface area (Å²) in [5.74, 6) is 0.571. The Morgan fingerprint density at radius 2 is 1.97 bits per heavy atom. The lowest BCUT2D eigenvalue weighted by Gasteiger charge is -2.33. The molecule has 176 valence electrons. The number of hydrogen-bond acceptors (Lipinski definition) is 3. The van der Waals surface area contributed by atoms with Gasteiger partial charge in [-0.3, -0.25) is 14.7 Å². The number of rotatable bonds is 7. The molecule has 1 aliphatic heterocycles. The molecular weight excluding hydrogens is 532 g/mol. The van der Waals surface area contributed by atoms with Crippen molar-refractivity contribution in [3.8, 4) is 0 Å². The van der Waals surface area contributed by atoms with Crippen molar-refractivity contribution >= 4 is 47.4 Å². The van der Waals surface area contributed by atoms with Gasteiger partial charge in [0.05, 0.1) is 13.1 Å². The number of carbonyl (C=O) groups excluding carboxylic acids is 1. The number of hydrogen-bond donors (Lipinski definition) is 2. The van der Waals surface area contributed by atoms with E-state index in [4.69, 9.17) is 16.6 Å². The van der Waals surface area contributed by atoms with E-state index in [1.807, 2.05) is 6.92 Å². The van der Waals surface area contributed by atoms with Gasteiger partial charge in [0, 0.05) is 50.2 Å². The Kier molecular flexibility index (Phi) is 11.5. The largest absolute Gasteiger partial charge is 0.357 e. The van der Waals surface area contributed by atoms with E-state index in [1.165, 1.54) is 12.1 Å². The maximum atomic E-state index is 13.4. The number of nitrogens with zero attached hydrogens (tertiary/aromatic N) is 3. The molecule has 1 saturated heterocycles. The van der Waals surface area contributed by atoms with Crippen LogP contribution in [0.2, 0.25) is 5.02 Å². The van der Waals surface area contributed by atoms with Gasteiger partial charge in [-0.2, -0.15) is 0 Å². The number of likely N-dealkylation sites (tertiary alicyclic amines) is 1.